The molecule has 1 aromatic carbocycles. The van der Waals surface area contributed by atoms with Gasteiger partial charge in [-0.05, 0) is 54.8 Å². The molecule has 0 aliphatic carbocycles. The Balaban J connectivity index is 1.25. The smallest absolute Gasteiger partial charge is 0.314 e. The molecule has 0 bridgehead atoms. The van der Waals surface area contributed by atoms with E-state index in [4.69, 9.17) is 9.72 Å². The molecule has 0 saturated carbocycles. The number of benzene rings is 1. The van der Waals surface area contributed by atoms with Crippen LogP contribution in [0.5, 0.6) is 5.75 Å². The lowest BCUT2D eigenvalue weighted by Crippen LogP contribution is -2.19. The van der Waals surface area contributed by atoms with E-state index in [0.29, 0.717) is 12.3 Å². The van der Waals surface area contributed by atoms with E-state index in [1.165, 1.54) is 5.56 Å². The van der Waals surface area contributed by atoms with Gasteiger partial charge in [0, 0.05) is 30.2 Å². The number of hydrogen-bond donors (Lipinski definition) is 2. The Morgan fingerprint density at radius 3 is 3.00 bits per heavy atom. The van der Waals surface area contributed by atoms with Gasteiger partial charge >= 0.3 is 5.97 Å². The maximum Gasteiger partial charge on any atom is 0.314 e. The van der Waals surface area contributed by atoms with Gasteiger partial charge in [0.05, 0.1) is 30.6 Å². The zero-order chi connectivity index (χ0) is 22.6. The third kappa shape index (κ3) is 4.64. The summed E-state index contributed by atoms with van der Waals surface area (Å²) in [5.74, 6) is 0.0442. The van der Waals surface area contributed by atoms with Crippen molar-refractivity contribution in [2.75, 3.05) is 18.5 Å². The number of carboxylic acids is 1. The van der Waals surface area contributed by atoms with Gasteiger partial charge in [-0.3, -0.25) is 14.5 Å². The molecule has 0 spiro atoms. The van der Waals surface area contributed by atoms with Crippen LogP contribution in [-0.4, -0.2) is 44.0 Å². The number of carboxylic acid groups (broad SMARTS) is 1. The molecular weight excluding hydrogens is 418 g/mol. The second kappa shape index (κ2) is 9.28. The van der Waals surface area contributed by atoms with Crippen molar-refractivity contribution in [1.82, 2.24) is 19.7 Å². The lowest BCUT2D eigenvalue weighted by Gasteiger charge is -2.17. The summed E-state index contributed by atoms with van der Waals surface area (Å²) in [7, 11) is 0. The average molecular weight is 444 g/mol. The van der Waals surface area contributed by atoms with Crippen molar-refractivity contribution in [3.8, 4) is 5.75 Å². The molecule has 2 N–H and O–H groups in total. The first-order valence-electron chi connectivity index (χ1n) is 11.1. The van der Waals surface area contributed by atoms with Crippen molar-refractivity contribution in [2.24, 2.45) is 0 Å². The van der Waals surface area contributed by atoms with Crippen LogP contribution in [0.2, 0.25) is 0 Å². The predicted octanol–water partition coefficient (Wildman–Crippen LogP) is 3.67. The molecule has 0 saturated heterocycles. The number of hydrogen-bond acceptors (Lipinski definition) is 6. The fraction of sp³-hybridized carbons (Fsp3) is 0.280. The summed E-state index contributed by atoms with van der Waals surface area (Å²) in [6.07, 6.45) is 6.28. The highest BCUT2D eigenvalue weighted by Gasteiger charge is 2.23. The number of ether oxygens (including phenoxy) is 1. The highest BCUT2D eigenvalue weighted by atomic mass is 16.5. The number of rotatable bonds is 8. The molecule has 1 atom stereocenters. The number of aromatic nitrogens is 4. The van der Waals surface area contributed by atoms with Crippen LogP contribution < -0.4 is 10.1 Å². The van der Waals surface area contributed by atoms with Crippen molar-refractivity contribution < 1.29 is 14.6 Å². The molecule has 168 valence electrons. The topological polar surface area (TPSA) is 102 Å². The summed E-state index contributed by atoms with van der Waals surface area (Å²) in [5, 5.41) is 18.4. The van der Waals surface area contributed by atoms with Crippen molar-refractivity contribution in [3.63, 3.8) is 0 Å². The van der Waals surface area contributed by atoms with Gasteiger partial charge in [-0.25, -0.2) is 4.98 Å². The Morgan fingerprint density at radius 1 is 1.21 bits per heavy atom. The Labute approximate surface area is 191 Å². The Kier molecular flexibility index (Phi) is 5.89. The summed E-state index contributed by atoms with van der Waals surface area (Å²) in [4.78, 5) is 20.7. The molecule has 0 radical (unpaired) electrons. The van der Waals surface area contributed by atoms with E-state index in [0.717, 1.165) is 54.0 Å². The number of anilines is 1. The quantitative estimate of drug-likeness (QED) is 0.428. The van der Waals surface area contributed by atoms with Crippen LogP contribution in [0, 0.1) is 0 Å². The number of carbonyl (C=O) groups is 1. The molecule has 33 heavy (non-hydrogen) atoms. The van der Waals surface area contributed by atoms with Gasteiger partial charge in [0.25, 0.3) is 0 Å². The van der Waals surface area contributed by atoms with Crippen LogP contribution in [0.1, 0.15) is 29.3 Å². The summed E-state index contributed by atoms with van der Waals surface area (Å²) in [5.41, 5.74) is 3.65. The second-order valence-corrected chi connectivity index (χ2v) is 8.13. The number of aryl methyl sites for hydroxylation is 1. The van der Waals surface area contributed by atoms with Crippen molar-refractivity contribution >= 4 is 22.7 Å². The van der Waals surface area contributed by atoms with Crippen LogP contribution in [0.3, 0.4) is 0 Å². The summed E-state index contributed by atoms with van der Waals surface area (Å²) < 4.78 is 7.66. The minimum absolute atomic E-state index is 0.202. The molecule has 1 aliphatic heterocycles. The van der Waals surface area contributed by atoms with Gasteiger partial charge in [-0.1, -0.05) is 12.1 Å². The van der Waals surface area contributed by atoms with Crippen LogP contribution >= 0.6 is 0 Å². The van der Waals surface area contributed by atoms with Crippen LogP contribution in [0.4, 0.5) is 5.82 Å². The van der Waals surface area contributed by atoms with Gasteiger partial charge in [-0.2, -0.15) is 5.10 Å². The zero-order valence-electron chi connectivity index (χ0n) is 18.1. The van der Waals surface area contributed by atoms with E-state index in [1.54, 1.807) is 35.3 Å². The van der Waals surface area contributed by atoms with Crippen molar-refractivity contribution in [3.05, 3.63) is 77.9 Å². The standard InChI is InChI=1S/C25H25N5O3/c31-25(32)21(22-5-1-2-11-26-22)16-30-23-9-8-20(14-18(23)15-28-30)33-13-10-19-7-6-17-4-3-12-27-24(17)29-19/h1-2,5-9,11,14-15,21H,3-4,10,12-13,16H2,(H,27,29)(H,31,32). The molecule has 8 nitrogen and oxygen atoms in total. The van der Waals surface area contributed by atoms with Crippen molar-refractivity contribution in [1.29, 1.82) is 0 Å². The molecule has 1 aliphatic rings. The molecule has 0 fully saturated rings. The van der Waals surface area contributed by atoms with Gasteiger partial charge < -0.3 is 15.2 Å². The van der Waals surface area contributed by atoms with Crippen LogP contribution in [0.15, 0.2) is 60.9 Å². The Morgan fingerprint density at radius 2 is 2.15 bits per heavy atom. The third-order valence-electron chi connectivity index (χ3n) is 5.89. The van der Waals surface area contributed by atoms with E-state index in [2.05, 4.69) is 27.5 Å². The SMILES string of the molecule is O=C(O)C(Cn1ncc2cc(OCCc3ccc4c(n3)NCCC4)ccc21)c1ccccn1. The summed E-state index contributed by atoms with van der Waals surface area (Å²) >= 11 is 0. The Hall–Kier alpha value is -3.94. The fourth-order valence-corrected chi connectivity index (χ4v) is 4.14. The molecule has 0 amide bonds. The normalized spacial score (nSPS) is 13.8. The maximum absolute atomic E-state index is 11.8. The number of nitrogens with zero attached hydrogens (tertiary/aromatic N) is 4. The minimum Gasteiger partial charge on any atom is -0.493 e. The number of aliphatic carboxylic acids is 1. The monoisotopic (exact) mass is 443 g/mol. The van der Waals surface area contributed by atoms with Gasteiger partial charge in [0.15, 0.2) is 0 Å². The van der Waals surface area contributed by atoms with E-state index in [-0.39, 0.29) is 6.54 Å². The molecule has 1 unspecified atom stereocenters. The lowest BCUT2D eigenvalue weighted by atomic mass is 10.1. The number of fused-ring (bicyclic) bond motifs is 2. The maximum atomic E-state index is 11.8. The van der Waals surface area contributed by atoms with E-state index in [9.17, 15) is 9.90 Å². The first-order valence-corrected chi connectivity index (χ1v) is 11.1. The van der Waals surface area contributed by atoms with E-state index < -0.39 is 11.9 Å². The van der Waals surface area contributed by atoms with Gasteiger partial charge in [0.1, 0.15) is 17.5 Å². The third-order valence-corrected chi connectivity index (χ3v) is 5.89. The number of pyridine rings is 2. The Bertz CT molecular complexity index is 1270. The molecule has 8 heteroatoms. The second-order valence-electron chi connectivity index (χ2n) is 8.13. The molecule has 5 rings (SSSR count). The zero-order valence-corrected chi connectivity index (χ0v) is 18.1. The highest BCUT2D eigenvalue weighted by Crippen LogP contribution is 2.24. The first-order chi connectivity index (χ1) is 16.2. The molecule has 3 aromatic heterocycles. The van der Waals surface area contributed by atoms with Gasteiger partial charge in [0.2, 0.25) is 0 Å². The number of nitrogens with one attached hydrogen (secondary N) is 1. The van der Waals surface area contributed by atoms with Crippen LogP contribution in [-0.2, 0) is 24.2 Å². The van der Waals surface area contributed by atoms with Crippen LogP contribution in [0.25, 0.3) is 10.9 Å². The molecular formula is C25H25N5O3. The predicted molar refractivity (Wildman–Crippen MR) is 125 cm³/mol. The van der Waals surface area contributed by atoms with Crippen molar-refractivity contribution in [2.45, 2.75) is 31.7 Å². The fourth-order valence-electron chi connectivity index (χ4n) is 4.14. The summed E-state index contributed by atoms with van der Waals surface area (Å²) in [6.45, 7) is 1.70. The molecule has 4 aromatic rings. The van der Waals surface area contributed by atoms with E-state index in [1.807, 2.05) is 18.2 Å². The van der Waals surface area contributed by atoms with Gasteiger partial charge in [-0.15, -0.1) is 0 Å². The first kappa shape index (κ1) is 20.9. The van der Waals surface area contributed by atoms with E-state index >= 15 is 0 Å². The average Bonchev–Trinajstić information content (AvgIpc) is 3.25. The largest absolute Gasteiger partial charge is 0.493 e. The molecule has 4 heterocycles. The summed E-state index contributed by atoms with van der Waals surface area (Å²) in [6, 6.07) is 15.2. The lowest BCUT2D eigenvalue weighted by molar-refractivity contribution is -0.139. The minimum atomic E-state index is -0.928. The highest BCUT2D eigenvalue weighted by molar-refractivity contribution is 5.81.